The zero-order chi connectivity index (χ0) is 15.6. The average Bonchev–Trinajstić information content (AvgIpc) is 2.50. The van der Waals surface area contributed by atoms with Gasteiger partial charge in [-0.15, -0.1) is 0 Å². The van der Waals surface area contributed by atoms with Gasteiger partial charge in [0.25, 0.3) is 5.91 Å². The number of carbonyl (C=O) groups is 1. The SMILES string of the molecule is COc1cccc(N(C)C(=O)c2cc(F)c(N)c(F)c2)c1. The largest absolute Gasteiger partial charge is 0.497 e. The van der Waals surface area contributed by atoms with Crippen LogP contribution < -0.4 is 15.4 Å². The second-order valence-electron chi connectivity index (χ2n) is 4.42. The molecule has 0 saturated heterocycles. The molecule has 1 amide bonds. The van der Waals surface area contributed by atoms with Gasteiger partial charge in [0, 0.05) is 24.4 Å². The molecule has 0 spiro atoms. The lowest BCUT2D eigenvalue weighted by Crippen LogP contribution is -2.26. The third-order valence-corrected chi connectivity index (χ3v) is 3.07. The quantitative estimate of drug-likeness (QED) is 0.885. The Morgan fingerprint density at radius 3 is 2.38 bits per heavy atom. The van der Waals surface area contributed by atoms with Gasteiger partial charge in [0.1, 0.15) is 23.1 Å². The van der Waals surface area contributed by atoms with Gasteiger partial charge in [-0.05, 0) is 24.3 Å². The van der Waals surface area contributed by atoms with Crippen LogP contribution >= 0.6 is 0 Å². The van der Waals surface area contributed by atoms with Gasteiger partial charge in [0.15, 0.2) is 0 Å². The van der Waals surface area contributed by atoms with Crippen LogP contribution in [0.15, 0.2) is 36.4 Å². The van der Waals surface area contributed by atoms with Gasteiger partial charge >= 0.3 is 0 Å². The number of nitrogens with two attached hydrogens (primary N) is 1. The summed E-state index contributed by atoms with van der Waals surface area (Å²) in [4.78, 5) is 13.5. The predicted molar refractivity (Wildman–Crippen MR) is 76.5 cm³/mol. The number of nitrogens with zero attached hydrogens (tertiary/aromatic N) is 1. The monoisotopic (exact) mass is 292 g/mol. The fourth-order valence-electron chi connectivity index (χ4n) is 1.84. The number of anilines is 2. The lowest BCUT2D eigenvalue weighted by Gasteiger charge is -2.18. The van der Waals surface area contributed by atoms with E-state index in [4.69, 9.17) is 10.5 Å². The van der Waals surface area contributed by atoms with Crippen molar-refractivity contribution in [2.75, 3.05) is 24.8 Å². The molecule has 0 atom stereocenters. The molecule has 0 heterocycles. The molecule has 21 heavy (non-hydrogen) atoms. The number of hydrogen-bond donors (Lipinski definition) is 1. The molecule has 2 rings (SSSR count). The number of hydrogen-bond acceptors (Lipinski definition) is 3. The van der Waals surface area contributed by atoms with Crippen LogP contribution in [-0.2, 0) is 0 Å². The van der Waals surface area contributed by atoms with Crippen molar-refractivity contribution in [1.82, 2.24) is 0 Å². The predicted octanol–water partition coefficient (Wildman–Crippen LogP) is 2.83. The molecule has 6 heteroatoms. The Kier molecular flexibility index (Phi) is 4.07. The Labute approximate surface area is 120 Å². The van der Waals surface area contributed by atoms with E-state index in [2.05, 4.69) is 0 Å². The Morgan fingerprint density at radius 1 is 1.19 bits per heavy atom. The van der Waals surface area contributed by atoms with E-state index in [9.17, 15) is 13.6 Å². The van der Waals surface area contributed by atoms with Gasteiger partial charge in [0.05, 0.1) is 7.11 Å². The van der Waals surface area contributed by atoms with E-state index >= 15 is 0 Å². The van der Waals surface area contributed by atoms with Crippen LogP contribution in [0, 0.1) is 11.6 Å². The number of rotatable bonds is 3. The average molecular weight is 292 g/mol. The van der Waals surface area contributed by atoms with Crippen molar-refractivity contribution >= 4 is 17.3 Å². The zero-order valence-electron chi connectivity index (χ0n) is 11.6. The summed E-state index contributed by atoms with van der Waals surface area (Å²) in [6.07, 6.45) is 0. The molecular formula is C15H14F2N2O2. The summed E-state index contributed by atoms with van der Waals surface area (Å²) in [6.45, 7) is 0. The Morgan fingerprint density at radius 2 is 1.81 bits per heavy atom. The third-order valence-electron chi connectivity index (χ3n) is 3.07. The molecule has 0 unspecified atom stereocenters. The highest BCUT2D eigenvalue weighted by atomic mass is 19.1. The second-order valence-corrected chi connectivity index (χ2v) is 4.42. The summed E-state index contributed by atoms with van der Waals surface area (Å²) in [6, 6.07) is 8.59. The molecule has 0 aromatic heterocycles. The molecule has 2 aromatic rings. The van der Waals surface area contributed by atoms with E-state index in [-0.39, 0.29) is 5.56 Å². The fourth-order valence-corrected chi connectivity index (χ4v) is 1.84. The standard InChI is InChI=1S/C15H14F2N2O2/c1-19(10-4-3-5-11(8-10)21-2)15(20)9-6-12(16)14(18)13(17)7-9/h3-8H,18H2,1-2H3. The van der Waals surface area contributed by atoms with Crippen molar-refractivity contribution in [1.29, 1.82) is 0 Å². The Bertz CT molecular complexity index is 666. The minimum atomic E-state index is -0.961. The number of ether oxygens (including phenoxy) is 1. The van der Waals surface area contributed by atoms with E-state index in [1.54, 1.807) is 24.3 Å². The maximum Gasteiger partial charge on any atom is 0.258 e. The topological polar surface area (TPSA) is 55.6 Å². The molecule has 0 aliphatic rings. The smallest absolute Gasteiger partial charge is 0.258 e. The molecule has 2 aromatic carbocycles. The number of amides is 1. The maximum atomic E-state index is 13.4. The van der Waals surface area contributed by atoms with Crippen LogP contribution in [0.1, 0.15) is 10.4 Å². The van der Waals surface area contributed by atoms with Crippen LogP contribution in [0.4, 0.5) is 20.2 Å². The molecule has 0 radical (unpaired) electrons. The van der Waals surface area contributed by atoms with Crippen molar-refractivity contribution in [3.05, 3.63) is 53.6 Å². The molecule has 4 nitrogen and oxygen atoms in total. The number of nitrogen functional groups attached to an aromatic ring is 1. The van der Waals surface area contributed by atoms with Crippen LogP contribution in [0.3, 0.4) is 0 Å². The molecular weight excluding hydrogens is 278 g/mol. The summed E-state index contributed by atoms with van der Waals surface area (Å²) in [5.74, 6) is -1.90. The van der Waals surface area contributed by atoms with Crippen LogP contribution in [0.25, 0.3) is 0 Å². The first kappa shape index (κ1) is 14.8. The first-order valence-corrected chi connectivity index (χ1v) is 6.10. The van der Waals surface area contributed by atoms with E-state index in [0.29, 0.717) is 11.4 Å². The van der Waals surface area contributed by atoms with Gasteiger partial charge in [-0.1, -0.05) is 6.07 Å². The van der Waals surface area contributed by atoms with Gasteiger partial charge in [-0.2, -0.15) is 0 Å². The van der Waals surface area contributed by atoms with Crippen molar-refractivity contribution in [2.45, 2.75) is 0 Å². The third kappa shape index (κ3) is 2.94. The molecule has 0 saturated carbocycles. The highest BCUT2D eigenvalue weighted by molar-refractivity contribution is 6.06. The first-order chi connectivity index (χ1) is 9.93. The van der Waals surface area contributed by atoms with Gasteiger partial charge in [-0.25, -0.2) is 8.78 Å². The van der Waals surface area contributed by atoms with E-state index < -0.39 is 23.2 Å². The van der Waals surface area contributed by atoms with E-state index in [0.717, 1.165) is 12.1 Å². The van der Waals surface area contributed by atoms with Crippen molar-refractivity contribution in [2.24, 2.45) is 0 Å². The molecule has 0 bridgehead atoms. The lowest BCUT2D eigenvalue weighted by atomic mass is 10.1. The highest BCUT2D eigenvalue weighted by Gasteiger charge is 2.18. The Balaban J connectivity index is 2.34. The molecule has 0 aliphatic heterocycles. The number of carbonyl (C=O) groups excluding carboxylic acids is 1. The molecule has 0 aliphatic carbocycles. The van der Waals surface area contributed by atoms with Crippen molar-refractivity contribution < 1.29 is 18.3 Å². The fraction of sp³-hybridized carbons (Fsp3) is 0.133. The molecule has 0 fully saturated rings. The summed E-state index contributed by atoms with van der Waals surface area (Å²) < 4.78 is 31.9. The minimum absolute atomic E-state index is 0.121. The molecule has 2 N–H and O–H groups in total. The molecule has 110 valence electrons. The number of halogens is 2. The van der Waals surface area contributed by atoms with E-state index in [1.165, 1.54) is 19.1 Å². The number of methoxy groups -OCH3 is 1. The van der Waals surface area contributed by atoms with Crippen molar-refractivity contribution in [3.8, 4) is 5.75 Å². The summed E-state index contributed by atoms with van der Waals surface area (Å²) in [5, 5.41) is 0. The van der Waals surface area contributed by atoms with E-state index in [1.807, 2.05) is 0 Å². The second kappa shape index (κ2) is 5.78. The van der Waals surface area contributed by atoms with Crippen LogP contribution in [-0.4, -0.2) is 20.1 Å². The van der Waals surface area contributed by atoms with Crippen LogP contribution in [0.2, 0.25) is 0 Å². The first-order valence-electron chi connectivity index (χ1n) is 6.10. The van der Waals surface area contributed by atoms with Gasteiger partial charge < -0.3 is 15.4 Å². The van der Waals surface area contributed by atoms with Crippen LogP contribution in [0.5, 0.6) is 5.75 Å². The van der Waals surface area contributed by atoms with Crippen molar-refractivity contribution in [3.63, 3.8) is 0 Å². The normalized spacial score (nSPS) is 10.3. The zero-order valence-corrected chi connectivity index (χ0v) is 11.6. The Hall–Kier alpha value is -2.63. The maximum absolute atomic E-state index is 13.4. The highest BCUT2D eigenvalue weighted by Crippen LogP contribution is 2.23. The van der Waals surface area contributed by atoms with Gasteiger partial charge in [-0.3, -0.25) is 4.79 Å². The summed E-state index contributed by atoms with van der Waals surface area (Å²) in [7, 11) is 3.01. The lowest BCUT2D eigenvalue weighted by molar-refractivity contribution is 0.0992. The van der Waals surface area contributed by atoms with Gasteiger partial charge in [0.2, 0.25) is 0 Å². The summed E-state index contributed by atoms with van der Waals surface area (Å²) >= 11 is 0. The minimum Gasteiger partial charge on any atom is -0.497 e. The number of benzene rings is 2. The summed E-state index contributed by atoms with van der Waals surface area (Å²) in [5.41, 5.74) is 5.00.